The van der Waals surface area contributed by atoms with Gasteiger partial charge in [0, 0.05) is 44.5 Å². The first-order valence-electron chi connectivity index (χ1n) is 10.9. The van der Waals surface area contributed by atoms with Crippen molar-refractivity contribution in [2.24, 2.45) is 4.99 Å². The molecule has 0 radical (unpaired) electrons. The van der Waals surface area contributed by atoms with Crippen molar-refractivity contribution in [2.75, 3.05) is 49.8 Å². The van der Waals surface area contributed by atoms with E-state index in [0.29, 0.717) is 28.7 Å². The summed E-state index contributed by atoms with van der Waals surface area (Å²) in [5.41, 5.74) is 1.12. The number of rotatable bonds is 6. The summed E-state index contributed by atoms with van der Waals surface area (Å²) in [5.74, 6) is -1.06. The predicted octanol–water partition coefficient (Wildman–Crippen LogP) is 4.79. The lowest BCUT2D eigenvalue weighted by Gasteiger charge is -2.21. The Hall–Kier alpha value is -3.69. The van der Waals surface area contributed by atoms with Gasteiger partial charge in [-0.2, -0.15) is 0 Å². The average molecular weight is 529 g/mol. The fourth-order valence-corrected chi connectivity index (χ4v) is 4.08. The Morgan fingerprint density at radius 3 is 2.36 bits per heavy atom. The highest BCUT2D eigenvalue weighted by molar-refractivity contribution is 6.32. The normalized spacial score (nSPS) is 12.8. The van der Waals surface area contributed by atoms with Crippen molar-refractivity contribution in [3.8, 4) is 0 Å². The summed E-state index contributed by atoms with van der Waals surface area (Å²) in [6.07, 6.45) is 1.39. The van der Waals surface area contributed by atoms with Gasteiger partial charge in [-0.25, -0.2) is 9.37 Å². The summed E-state index contributed by atoms with van der Waals surface area (Å²) in [6, 6.07) is 10.5. The third kappa shape index (κ3) is 5.42. The van der Waals surface area contributed by atoms with Crippen LogP contribution in [-0.4, -0.2) is 61.8 Å². The predicted molar refractivity (Wildman–Crippen MR) is 141 cm³/mol. The Morgan fingerprint density at radius 2 is 1.75 bits per heavy atom. The Kier molecular flexibility index (Phi) is 7.42. The Bertz CT molecular complexity index is 1360. The van der Waals surface area contributed by atoms with E-state index >= 15 is 4.39 Å². The number of amides is 2. The Morgan fingerprint density at radius 1 is 1.00 bits per heavy atom. The van der Waals surface area contributed by atoms with E-state index < -0.39 is 17.6 Å². The standard InChI is InChI=1S/C25H23Cl2FN6O2/c1-33(2)20-12-16(27)11-18(25(36)31-21-7-5-15(26)13-30-21)22(20)32-24(35)17-6-4-14(10-19(17)28)23-29-8-9-34(23)3/h4-7,10-13H,8-9H2,1-3H3,(H,32,35)(H,30,31,36). The summed E-state index contributed by atoms with van der Waals surface area (Å²) in [4.78, 5) is 38.4. The van der Waals surface area contributed by atoms with Gasteiger partial charge in [0.15, 0.2) is 0 Å². The molecule has 2 N–H and O–H groups in total. The molecule has 0 fully saturated rings. The van der Waals surface area contributed by atoms with E-state index in [1.165, 1.54) is 24.4 Å². The van der Waals surface area contributed by atoms with Gasteiger partial charge in [-0.15, -0.1) is 0 Å². The maximum atomic E-state index is 15.0. The van der Waals surface area contributed by atoms with Crippen LogP contribution >= 0.6 is 23.2 Å². The molecule has 36 heavy (non-hydrogen) atoms. The van der Waals surface area contributed by atoms with Gasteiger partial charge in [-0.05, 0) is 36.4 Å². The molecule has 4 rings (SSSR count). The van der Waals surface area contributed by atoms with Crippen LogP contribution in [0.1, 0.15) is 26.3 Å². The summed E-state index contributed by atoms with van der Waals surface area (Å²) in [5, 5.41) is 6.05. The van der Waals surface area contributed by atoms with Crippen LogP contribution < -0.4 is 15.5 Å². The highest BCUT2D eigenvalue weighted by Crippen LogP contribution is 2.33. The van der Waals surface area contributed by atoms with E-state index in [2.05, 4.69) is 20.6 Å². The number of carbonyl (C=O) groups is 2. The molecule has 0 saturated heterocycles. The van der Waals surface area contributed by atoms with Gasteiger partial charge in [0.05, 0.1) is 34.1 Å². The Labute approximate surface area is 217 Å². The van der Waals surface area contributed by atoms with Crippen molar-refractivity contribution < 1.29 is 14.0 Å². The molecular formula is C25H23Cl2FN6O2. The highest BCUT2D eigenvalue weighted by atomic mass is 35.5. The van der Waals surface area contributed by atoms with Crippen LogP contribution in [0.2, 0.25) is 10.0 Å². The lowest BCUT2D eigenvalue weighted by Crippen LogP contribution is -2.24. The molecule has 0 saturated carbocycles. The molecule has 1 aromatic heterocycles. The first kappa shape index (κ1) is 25.4. The van der Waals surface area contributed by atoms with Crippen LogP contribution in [0.25, 0.3) is 0 Å². The second-order valence-electron chi connectivity index (χ2n) is 8.33. The van der Waals surface area contributed by atoms with E-state index in [1.807, 2.05) is 11.9 Å². The van der Waals surface area contributed by atoms with Crippen molar-refractivity contribution >= 4 is 58.0 Å². The number of halogens is 3. The zero-order chi connectivity index (χ0) is 26.0. The summed E-state index contributed by atoms with van der Waals surface area (Å²) >= 11 is 12.1. The van der Waals surface area contributed by atoms with Crippen LogP contribution in [0.15, 0.2) is 53.7 Å². The average Bonchev–Trinajstić information content (AvgIpc) is 3.26. The number of aromatic nitrogens is 1. The van der Waals surface area contributed by atoms with Gasteiger partial charge in [-0.1, -0.05) is 29.3 Å². The first-order valence-corrected chi connectivity index (χ1v) is 11.7. The minimum atomic E-state index is -0.718. The van der Waals surface area contributed by atoms with Crippen LogP contribution in [0, 0.1) is 5.82 Å². The highest BCUT2D eigenvalue weighted by Gasteiger charge is 2.23. The molecule has 2 aromatic carbocycles. The number of benzene rings is 2. The molecule has 2 amide bonds. The number of aliphatic imine (C=N–C) groups is 1. The monoisotopic (exact) mass is 528 g/mol. The van der Waals surface area contributed by atoms with E-state index in [-0.39, 0.29) is 27.7 Å². The molecule has 1 aliphatic heterocycles. The van der Waals surface area contributed by atoms with Crippen molar-refractivity contribution in [3.63, 3.8) is 0 Å². The number of nitrogens with zero attached hydrogens (tertiary/aromatic N) is 4. The molecule has 1 aliphatic rings. The number of nitrogens with one attached hydrogen (secondary N) is 2. The summed E-state index contributed by atoms with van der Waals surface area (Å²) in [6.45, 7) is 1.38. The van der Waals surface area contributed by atoms with Crippen molar-refractivity contribution in [3.05, 3.63) is 81.2 Å². The first-order chi connectivity index (χ1) is 17.1. The lowest BCUT2D eigenvalue weighted by molar-refractivity contribution is 0.102. The number of pyridine rings is 1. The zero-order valence-corrected chi connectivity index (χ0v) is 21.3. The summed E-state index contributed by atoms with van der Waals surface area (Å²) in [7, 11) is 5.34. The van der Waals surface area contributed by atoms with Crippen molar-refractivity contribution in [1.82, 2.24) is 9.88 Å². The topological polar surface area (TPSA) is 89.9 Å². The number of hydrogen-bond acceptors (Lipinski definition) is 6. The van der Waals surface area contributed by atoms with Gasteiger partial charge in [0.25, 0.3) is 11.8 Å². The Balaban J connectivity index is 1.67. The molecule has 0 bridgehead atoms. The van der Waals surface area contributed by atoms with Crippen molar-refractivity contribution in [1.29, 1.82) is 0 Å². The minimum Gasteiger partial charge on any atom is -0.376 e. The van der Waals surface area contributed by atoms with Gasteiger partial charge in [-0.3, -0.25) is 14.6 Å². The molecule has 2 heterocycles. The van der Waals surface area contributed by atoms with E-state index in [9.17, 15) is 9.59 Å². The van der Waals surface area contributed by atoms with Crippen LogP contribution in [0.4, 0.5) is 21.6 Å². The van der Waals surface area contributed by atoms with Gasteiger partial charge in [0.2, 0.25) is 0 Å². The number of amidine groups is 1. The third-order valence-corrected chi connectivity index (χ3v) is 5.99. The summed E-state index contributed by atoms with van der Waals surface area (Å²) < 4.78 is 15.0. The maximum Gasteiger partial charge on any atom is 0.259 e. The molecule has 3 aromatic rings. The molecule has 186 valence electrons. The van der Waals surface area contributed by atoms with Gasteiger partial charge < -0.3 is 20.4 Å². The largest absolute Gasteiger partial charge is 0.376 e. The molecular weight excluding hydrogens is 506 g/mol. The zero-order valence-electron chi connectivity index (χ0n) is 19.8. The van der Waals surface area contributed by atoms with Gasteiger partial charge in [0.1, 0.15) is 17.5 Å². The SMILES string of the molecule is CN1CCN=C1c1ccc(C(=O)Nc2c(C(=O)Nc3ccc(Cl)cn3)cc(Cl)cc2N(C)C)c(F)c1. The molecule has 11 heteroatoms. The van der Waals surface area contributed by atoms with Crippen LogP contribution in [0.5, 0.6) is 0 Å². The number of likely N-dealkylation sites (N-methyl/N-ethyl adjacent to an activating group) is 1. The second kappa shape index (κ2) is 10.5. The molecule has 8 nitrogen and oxygen atoms in total. The second-order valence-corrected chi connectivity index (χ2v) is 9.21. The number of hydrogen-bond donors (Lipinski definition) is 2. The number of anilines is 3. The van der Waals surface area contributed by atoms with Crippen LogP contribution in [-0.2, 0) is 0 Å². The van der Waals surface area contributed by atoms with E-state index in [4.69, 9.17) is 23.2 Å². The van der Waals surface area contributed by atoms with E-state index in [1.54, 1.807) is 43.3 Å². The van der Waals surface area contributed by atoms with E-state index in [0.717, 1.165) is 6.54 Å². The smallest absolute Gasteiger partial charge is 0.259 e. The quantitative estimate of drug-likeness (QED) is 0.480. The van der Waals surface area contributed by atoms with Crippen molar-refractivity contribution in [2.45, 2.75) is 0 Å². The maximum absolute atomic E-state index is 15.0. The van der Waals surface area contributed by atoms with Crippen LogP contribution in [0.3, 0.4) is 0 Å². The fourth-order valence-electron chi connectivity index (χ4n) is 3.75. The molecule has 0 unspecified atom stereocenters. The molecule has 0 atom stereocenters. The minimum absolute atomic E-state index is 0.0789. The third-order valence-electron chi connectivity index (χ3n) is 5.55. The van der Waals surface area contributed by atoms with Gasteiger partial charge >= 0.3 is 0 Å². The fraction of sp³-hybridized carbons (Fsp3) is 0.200. The number of carbonyl (C=O) groups excluding carboxylic acids is 2. The molecule has 0 aliphatic carbocycles. The lowest BCUT2D eigenvalue weighted by atomic mass is 10.1. The molecule has 0 spiro atoms.